The van der Waals surface area contributed by atoms with E-state index in [2.05, 4.69) is 20.9 Å². The lowest BCUT2D eigenvalue weighted by Gasteiger charge is -2.24. The normalized spacial score (nSPS) is 10.6. The first-order valence-electron chi connectivity index (χ1n) is 6.47. The van der Waals surface area contributed by atoms with Gasteiger partial charge >= 0.3 is 0 Å². The van der Waals surface area contributed by atoms with E-state index < -0.39 is 0 Å². The number of nitrogens with two attached hydrogens (primary N) is 1. The minimum atomic E-state index is -0.258. The zero-order valence-electron chi connectivity index (χ0n) is 11.3. The Bertz CT molecular complexity index is 589. The molecule has 0 aliphatic heterocycles. The molecule has 0 aliphatic rings. The molecule has 2 rings (SSSR count). The standard InChI is InChI=1S/C15H17BrFN3/c1-11-9-15(19-10-12(11)16)20(8-4-7-18)14-6-3-2-5-13(14)17/h2-3,5-6,9-10H,4,7-8,18H2,1H3. The summed E-state index contributed by atoms with van der Waals surface area (Å²) < 4.78 is 15.0. The summed E-state index contributed by atoms with van der Waals surface area (Å²) in [5.74, 6) is 0.469. The number of halogens is 2. The smallest absolute Gasteiger partial charge is 0.146 e. The Labute approximate surface area is 126 Å². The lowest BCUT2D eigenvalue weighted by molar-refractivity contribution is 0.622. The third-order valence-corrected chi connectivity index (χ3v) is 3.87. The van der Waals surface area contributed by atoms with E-state index in [4.69, 9.17) is 5.73 Å². The third-order valence-electron chi connectivity index (χ3n) is 3.04. The summed E-state index contributed by atoms with van der Waals surface area (Å²) in [6.45, 7) is 3.17. The molecular weight excluding hydrogens is 321 g/mol. The highest BCUT2D eigenvalue weighted by Crippen LogP contribution is 2.28. The molecule has 2 N–H and O–H groups in total. The van der Waals surface area contributed by atoms with E-state index in [-0.39, 0.29) is 5.82 Å². The number of pyridine rings is 1. The molecule has 2 aromatic rings. The summed E-state index contributed by atoms with van der Waals surface area (Å²) in [6, 6.07) is 8.65. The van der Waals surface area contributed by atoms with Crippen LogP contribution in [0.4, 0.5) is 15.9 Å². The molecule has 0 unspecified atom stereocenters. The van der Waals surface area contributed by atoms with Crippen LogP contribution in [-0.2, 0) is 0 Å². The fourth-order valence-corrected chi connectivity index (χ4v) is 2.17. The topological polar surface area (TPSA) is 42.1 Å². The number of hydrogen-bond donors (Lipinski definition) is 1. The zero-order valence-corrected chi connectivity index (χ0v) is 12.9. The van der Waals surface area contributed by atoms with Crippen LogP contribution in [0.25, 0.3) is 0 Å². The van der Waals surface area contributed by atoms with Crippen LogP contribution in [-0.4, -0.2) is 18.1 Å². The van der Waals surface area contributed by atoms with Gasteiger partial charge in [-0.2, -0.15) is 0 Å². The lowest BCUT2D eigenvalue weighted by Crippen LogP contribution is -2.23. The molecule has 0 saturated carbocycles. The molecule has 0 bridgehead atoms. The molecule has 3 nitrogen and oxygen atoms in total. The Morgan fingerprint density at radius 1 is 1.35 bits per heavy atom. The first kappa shape index (κ1) is 14.9. The highest BCUT2D eigenvalue weighted by atomic mass is 79.9. The highest BCUT2D eigenvalue weighted by molar-refractivity contribution is 9.10. The Morgan fingerprint density at radius 3 is 2.75 bits per heavy atom. The van der Waals surface area contributed by atoms with Crippen molar-refractivity contribution in [3.63, 3.8) is 0 Å². The quantitative estimate of drug-likeness (QED) is 0.902. The number of aryl methyl sites for hydroxylation is 1. The summed E-state index contributed by atoms with van der Waals surface area (Å²) >= 11 is 3.43. The fourth-order valence-electron chi connectivity index (χ4n) is 1.95. The number of aromatic nitrogens is 1. The molecule has 5 heteroatoms. The van der Waals surface area contributed by atoms with E-state index in [0.717, 1.165) is 22.3 Å². The largest absolute Gasteiger partial charge is 0.330 e. The first-order chi connectivity index (χ1) is 9.63. The Balaban J connectivity index is 2.41. The monoisotopic (exact) mass is 337 g/mol. The van der Waals surface area contributed by atoms with E-state index in [1.165, 1.54) is 6.07 Å². The SMILES string of the molecule is Cc1cc(N(CCCN)c2ccccc2F)ncc1Br. The number of hydrogen-bond acceptors (Lipinski definition) is 3. The van der Waals surface area contributed by atoms with Crippen LogP contribution in [0, 0.1) is 12.7 Å². The van der Waals surface area contributed by atoms with Crippen LogP contribution >= 0.6 is 15.9 Å². The maximum Gasteiger partial charge on any atom is 0.146 e. The molecular formula is C15H17BrFN3. The molecule has 0 saturated heterocycles. The van der Waals surface area contributed by atoms with Gasteiger partial charge in [-0.1, -0.05) is 12.1 Å². The lowest BCUT2D eigenvalue weighted by atomic mass is 10.2. The molecule has 0 atom stereocenters. The number of para-hydroxylation sites is 1. The van der Waals surface area contributed by atoms with Gasteiger partial charge in [0.25, 0.3) is 0 Å². The first-order valence-corrected chi connectivity index (χ1v) is 7.27. The van der Waals surface area contributed by atoms with Crippen molar-refractivity contribution in [3.05, 3.63) is 52.4 Å². The van der Waals surface area contributed by atoms with Crippen molar-refractivity contribution >= 4 is 27.4 Å². The average molecular weight is 338 g/mol. The van der Waals surface area contributed by atoms with E-state index in [1.807, 2.05) is 24.0 Å². The average Bonchev–Trinajstić information content (AvgIpc) is 2.44. The second-order valence-corrected chi connectivity index (χ2v) is 5.39. The summed E-state index contributed by atoms with van der Waals surface area (Å²) in [6.07, 6.45) is 2.51. The predicted molar refractivity (Wildman–Crippen MR) is 83.8 cm³/mol. The van der Waals surface area contributed by atoms with Crippen molar-refractivity contribution < 1.29 is 4.39 Å². The molecule has 20 heavy (non-hydrogen) atoms. The Kier molecular flexibility index (Phi) is 5.09. The van der Waals surface area contributed by atoms with Gasteiger partial charge < -0.3 is 10.6 Å². The van der Waals surface area contributed by atoms with Gasteiger partial charge in [0.1, 0.15) is 11.6 Å². The van der Waals surface area contributed by atoms with Crippen molar-refractivity contribution in [2.45, 2.75) is 13.3 Å². The maximum atomic E-state index is 14.0. The molecule has 1 aromatic heterocycles. The zero-order chi connectivity index (χ0) is 14.5. The van der Waals surface area contributed by atoms with Gasteiger partial charge in [0.2, 0.25) is 0 Å². The van der Waals surface area contributed by atoms with Crippen molar-refractivity contribution in [2.24, 2.45) is 5.73 Å². The second-order valence-electron chi connectivity index (χ2n) is 4.54. The van der Waals surface area contributed by atoms with Crippen molar-refractivity contribution in [1.29, 1.82) is 0 Å². The Hall–Kier alpha value is -1.46. The van der Waals surface area contributed by atoms with Crippen LogP contribution < -0.4 is 10.6 Å². The van der Waals surface area contributed by atoms with E-state index in [9.17, 15) is 4.39 Å². The molecule has 106 valence electrons. The molecule has 1 heterocycles. The van der Waals surface area contributed by atoms with Gasteiger partial charge in [0.05, 0.1) is 5.69 Å². The van der Waals surface area contributed by atoms with E-state index in [1.54, 1.807) is 18.3 Å². The number of nitrogens with zero attached hydrogens (tertiary/aromatic N) is 2. The van der Waals surface area contributed by atoms with E-state index in [0.29, 0.717) is 18.8 Å². The molecule has 0 amide bonds. The van der Waals surface area contributed by atoms with E-state index >= 15 is 0 Å². The van der Waals surface area contributed by atoms with Gasteiger partial charge in [-0.3, -0.25) is 0 Å². The van der Waals surface area contributed by atoms with Crippen molar-refractivity contribution in [2.75, 3.05) is 18.0 Å². The molecule has 1 aromatic carbocycles. The number of benzene rings is 1. The van der Waals surface area contributed by atoms with Gasteiger partial charge in [0.15, 0.2) is 0 Å². The van der Waals surface area contributed by atoms with Crippen LogP contribution in [0.15, 0.2) is 41.0 Å². The van der Waals surface area contributed by atoms with Crippen LogP contribution in [0.5, 0.6) is 0 Å². The summed E-state index contributed by atoms with van der Waals surface area (Å²) in [5.41, 5.74) is 7.16. The summed E-state index contributed by atoms with van der Waals surface area (Å²) in [7, 11) is 0. The number of rotatable bonds is 5. The van der Waals surface area contributed by atoms with Crippen molar-refractivity contribution in [3.8, 4) is 0 Å². The van der Waals surface area contributed by atoms with Gasteiger partial charge in [-0.25, -0.2) is 9.37 Å². The Morgan fingerprint density at radius 2 is 2.10 bits per heavy atom. The molecule has 0 radical (unpaired) electrons. The van der Waals surface area contributed by atoms with Crippen molar-refractivity contribution in [1.82, 2.24) is 4.98 Å². The van der Waals surface area contributed by atoms with Crippen LogP contribution in [0.2, 0.25) is 0 Å². The third kappa shape index (κ3) is 3.35. The van der Waals surface area contributed by atoms with Gasteiger partial charge in [0, 0.05) is 17.2 Å². The molecule has 0 spiro atoms. The minimum absolute atomic E-state index is 0.258. The van der Waals surface area contributed by atoms with Crippen LogP contribution in [0.1, 0.15) is 12.0 Å². The summed E-state index contributed by atoms with van der Waals surface area (Å²) in [5, 5.41) is 0. The summed E-state index contributed by atoms with van der Waals surface area (Å²) in [4.78, 5) is 6.24. The molecule has 0 fully saturated rings. The highest BCUT2D eigenvalue weighted by Gasteiger charge is 2.14. The second kappa shape index (κ2) is 6.81. The van der Waals surface area contributed by atoms with Gasteiger partial charge in [-0.15, -0.1) is 0 Å². The molecule has 0 aliphatic carbocycles. The minimum Gasteiger partial charge on any atom is -0.330 e. The number of anilines is 2. The fraction of sp³-hybridized carbons (Fsp3) is 0.267. The van der Waals surface area contributed by atoms with Crippen LogP contribution in [0.3, 0.4) is 0 Å². The predicted octanol–water partition coefficient (Wildman–Crippen LogP) is 3.78. The maximum absolute atomic E-state index is 14.0. The van der Waals surface area contributed by atoms with Gasteiger partial charge in [-0.05, 0) is 59.6 Å².